The Balaban J connectivity index is 2.46. The monoisotopic (exact) mass is 204 g/mol. The SMILES string of the molecule is CCC(CC)OC(CN)C1(ON)CO1. The zero-order valence-electron chi connectivity index (χ0n) is 8.86. The molecule has 0 saturated carbocycles. The summed E-state index contributed by atoms with van der Waals surface area (Å²) in [7, 11) is 0. The molecule has 1 heterocycles. The van der Waals surface area contributed by atoms with Gasteiger partial charge in [0.1, 0.15) is 12.7 Å². The molecule has 0 aliphatic carbocycles. The Morgan fingerprint density at radius 2 is 2.00 bits per heavy atom. The summed E-state index contributed by atoms with van der Waals surface area (Å²) < 4.78 is 10.9. The molecule has 1 aliphatic heterocycles. The van der Waals surface area contributed by atoms with Crippen molar-refractivity contribution in [3.8, 4) is 0 Å². The van der Waals surface area contributed by atoms with E-state index >= 15 is 0 Å². The van der Waals surface area contributed by atoms with Crippen LogP contribution in [0, 0.1) is 0 Å². The molecule has 1 rings (SSSR count). The topological polar surface area (TPSA) is 83.0 Å². The van der Waals surface area contributed by atoms with E-state index in [0.717, 1.165) is 12.8 Å². The van der Waals surface area contributed by atoms with E-state index in [-0.39, 0.29) is 12.2 Å². The fourth-order valence-corrected chi connectivity index (χ4v) is 1.45. The average molecular weight is 204 g/mol. The van der Waals surface area contributed by atoms with Gasteiger partial charge in [-0.2, -0.15) is 0 Å². The molecule has 14 heavy (non-hydrogen) atoms. The maximum Gasteiger partial charge on any atom is 0.238 e. The summed E-state index contributed by atoms with van der Waals surface area (Å²) in [5.74, 6) is 4.36. The van der Waals surface area contributed by atoms with Gasteiger partial charge in [-0.1, -0.05) is 13.8 Å². The van der Waals surface area contributed by atoms with Crippen LogP contribution >= 0.6 is 0 Å². The highest BCUT2D eigenvalue weighted by Crippen LogP contribution is 2.33. The van der Waals surface area contributed by atoms with Crippen LogP contribution in [-0.2, 0) is 14.3 Å². The van der Waals surface area contributed by atoms with E-state index in [2.05, 4.69) is 13.8 Å². The molecular weight excluding hydrogens is 184 g/mol. The van der Waals surface area contributed by atoms with Crippen molar-refractivity contribution in [1.29, 1.82) is 0 Å². The highest BCUT2D eigenvalue weighted by Gasteiger charge is 2.54. The molecule has 2 atom stereocenters. The number of rotatable bonds is 7. The van der Waals surface area contributed by atoms with Gasteiger partial charge in [0, 0.05) is 6.54 Å². The minimum atomic E-state index is -0.780. The Kier molecular flexibility index (Phi) is 4.28. The van der Waals surface area contributed by atoms with Gasteiger partial charge in [0.25, 0.3) is 0 Å². The third kappa shape index (κ3) is 2.43. The second-order valence-corrected chi connectivity index (χ2v) is 3.52. The zero-order valence-corrected chi connectivity index (χ0v) is 8.86. The molecule has 84 valence electrons. The fourth-order valence-electron chi connectivity index (χ4n) is 1.45. The van der Waals surface area contributed by atoms with Crippen molar-refractivity contribution in [3.63, 3.8) is 0 Å². The summed E-state index contributed by atoms with van der Waals surface area (Å²) in [6.45, 7) is 4.97. The van der Waals surface area contributed by atoms with Crippen molar-refractivity contribution in [2.24, 2.45) is 11.6 Å². The van der Waals surface area contributed by atoms with E-state index in [1.165, 1.54) is 0 Å². The van der Waals surface area contributed by atoms with Crippen molar-refractivity contribution >= 4 is 0 Å². The van der Waals surface area contributed by atoms with E-state index in [1.54, 1.807) is 0 Å². The van der Waals surface area contributed by atoms with Crippen molar-refractivity contribution in [3.05, 3.63) is 0 Å². The first-order chi connectivity index (χ1) is 6.72. The first-order valence-corrected chi connectivity index (χ1v) is 5.09. The number of hydrogen-bond acceptors (Lipinski definition) is 5. The maximum absolute atomic E-state index is 5.76. The van der Waals surface area contributed by atoms with Crippen LogP contribution in [0.5, 0.6) is 0 Å². The molecule has 4 N–H and O–H groups in total. The van der Waals surface area contributed by atoms with Crippen LogP contribution in [0.4, 0.5) is 0 Å². The van der Waals surface area contributed by atoms with Crippen molar-refractivity contribution in [2.75, 3.05) is 13.2 Å². The summed E-state index contributed by atoms with van der Waals surface area (Å²) in [5, 5.41) is 0. The molecular formula is C9H20N2O3. The largest absolute Gasteiger partial charge is 0.368 e. The van der Waals surface area contributed by atoms with Crippen LogP contribution in [0.25, 0.3) is 0 Å². The molecule has 5 nitrogen and oxygen atoms in total. The van der Waals surface area contributed by atoms with Gasteiger partial charge >= 0.3 is 0 Å². The van der Waals surface area contributed by atoms with Gasteiger partial charge in [0.15, 0.2) is 0 Å². The molecule has 1 aliphatic rings. The molecule has 0 aromatic heterocycles. The summed E-state index contributed by atoms with van der Waals surface area (Å²) >= 11 is 0. The number of nitrogens with two attached hydrogens (primary N) is 2. The Morgan fingerprint density at radius 3 is 2.29 bits per heavy atom. The Bertz CT molecular complexity index is 169. The molecule has 1 fully saturated rings. The minimum absolute atomic E-state index is 0.194. The van der Waals surface area contributed by atoms with Crippen LogP contribution in [0.15, 0.2) is 0 Å². The van der Waals surface area contributed by atoms with E-state index < -0.39 is 5.79 Å². The lowest BCUT2D eigenvalue weighted by molar-refractivity contribution is -0.159. The van der Waals surface area contributed by atoms with Gasteiger partial charge in [0.05, 0.1) is 6.10 Å². The quantitative estimate of drug-likeness (QED) is 0.455. The minimum Gasteiger partial charge on any atom is -0.368 e. The lowest BCUT2D eigenvalue weighted by Gasteiger charge is -2.25. The normalized spacial score (nSPS) is 28.1. The van der Waals surface area contributed by atoms with E-state index in [0.29, 0.717) is 13.2 Å². The van der Waals surface area contributed by atoms with Crippen molar-refractivity contribution in [1.82, 2.24) is 0 Å². The summed E-state index contributed by atoms with van der Waals surface area (Å²) in [4.78, 5) is 4.76. The lowest BCUT2D eigenvalue weighted by atomic mass is 10.2. The first kappa shape index (κ1) is 11.9. The first-order valence-electron chi connectivity index (χ1n) is 5.09. The molecule has 0 aromatic carbocycles. The van der Waals surface area contributed by atoms with Gasteiger partial charge in [-0.25, -0.2) is 5.90 Å². The molecule has 0 spiro atoms. The molecule has 0 aromatic rings. The number of hydrogen-bond donors (Lipinski definition) is 2. The predicted molar refractivity (Wildman–Crippen MR) is 52.3 cm³/mol. The van der Waals surface area contributed by atoms with Crippen molar-refractivity contribution < 1.29 is 14.3 Å². The van der Waals surface area contributed by atoms with Gasteiger partial charge in [-0.15, -0.1) is 0 Å². The predicted octanol–water partition coefficient (Wildman–Crippen LogP) is 0.136. The standard InChI is InChI=1S/C9H20N2O3/c1-3-7(4-2)13-8(5-10)9(14-11)6-12-9/h7-8H,3-6,10-11H2,1-2H3. The highest BCUT2D eigenvalue weighted by molar-refractivity contribution is 4.91. The van der Waals surface area contributed by atoms with Gasteiger partial charge in [0.2, 0.25) is 5.79 Å². The van der Waals surface area contributed by atoms with Crippen LogP contribution in [-0.4, -0.2) is 31.1 Å². The smallest absolute Gasteiger partial charge is 0.238 e. The Morgan fingerprint density at radius 1 is 1.43 bits per heavy atom. The highest BCUT2D eigenvalue weighted by atomic mass is 16.8. The lowest BCUT2D eigenvalue weighted by Crippen LogP contribution is -2.44. The van der Waals surface area contributed by atoms with Crippen LogP contribution in [0.2, 0.25) is 0 Å². The number of epoxide rings is 1. The molecule has 2 unspecified atom stereocenters. The van der Waals surface area contributed by atoms with Gasteiger partial charge in [-0.05, 0) is 12.8 Å². The van der Waals surface area contributed by atoms with E-state index in [4.69, 9.17) is 25.9 Å². The Labute approximate surface area is 84.6 Å². The zero-order chi connectivity index (χ0) is 10.6. The van der Waals surface area contributed by atoms with E-state index in [1.807, 2.05) is 0 Å². The third-order valence-electron chi connectivity index (χ3n) is 2.60. The van der Waals surface area contributed by atoms with Crippen LogP contribution < -0.4 is 11.6 Å². The Hall–Kier alpha value is -0.200. The molecule has 5 heteroatoms. The summed E-state index contributed by atoms with van der Waals surface area (Å²) in [6, 6.07) is 0. The van der Waals surface area contributed by atoms with Gasteiger partial charge in [-0.3, -0.25) is 4.84 Å². The fraction of sp³-hybridized carbons (Fsp3) is 1.00. The molecule has 0 amide bonds. The van der Waals surface area contributed by atoms with Crippen LogP contribution in [0.3, 0.4) is 0 Å². The van der Waals surface area contributed by atoms with Gasteiger partial charge < -0.3 is 15.2 Å². The van der Waals surface area contributed by atoms with Crippen molar-refractivity contribution in [2.45, 2.75) is 44.7 Å². The molecule has 1 saturated heterocycles. The van der Waals surface area contributed by atoms with E-state index in [9.17, 15) is 0 Å². The van der Waals surface area contributed by atoms with Crippen LogP contribution in [0.1, 0.15) is 26.7 Å². The molecule has 0 radical (unpaired) electrons. The summed E-state index contributed by atoms with van der Waals surface area (Å²) in [5.41, 5.74) is 5.59. The second-order valence-electron chi connectivity index (χ2n) is 3.52. The maximum atomic E-state index is 5.76. The third-order valence-corrected chi connectivity index (χ3v) is 2.60. The number of ether oxygens (including phenoxy) is 2. The molecule has 0 bridgehead atoms. The average Bonchev–Trinajstić information content (AvgIpc) is 3.01. The second kappa shape index (κ2) is 5.04. The summed E-state index contributed by atoms with van der Waals surface area (Å²) in [6.07, 6.45) is 1.83.